The number of carbonyl (C=O) groups is 3. The van der Waals surface area contributed by atoms with Crippen LogP contribution in [0.4, 0.5) is 17.1 Å². The molecule has 3 aromatic carbocycles. The molecule has 0 saturated carbocycles. The molecule has 0 unspecified atom stereocenters. The van der Waals surface area contributed by atoms with Crippen LogP contribution in [-0.2, 0) is 9.59 Å². The minimum Gasteiger partial charge on any atom is -0.350 e. The van der Waals surface area contributed by atoms with Crippen LogP contribution in [0.2, 0.25) is 10.0 Å². The van der Waals surface area contributed by atoms with Gasteiger partial charge in [-0.2, -0.15) is 0 Å². The number of amides is 3. The van der Waals surface area contributed by atoms with Crippen molar-refractivity contribution < 1.29 is 14.4 Å². The van der Waals surface area contributed by atoms with Crippen molar-refractivity contribution in [1.82, 2.24) is 0 Å². The lowest BCUT2D eigenvalue weighted by Crippen LogP contribution is -2.32. The first kappa shape index (κ1) is 23.8. The number of nitrogens with zero attached hydrogens (tertiary/aromatic N) is 1. The van der Waals surface area contributed by atoms with Gasteiger partial charge in [0.2, 0.25) is 0 Å². The molecule has 1 heterocycles. The second-order valence-electron chi connectivity index (χ2n) is 7.71. The number of hydrogen-bond donors (Lipinski definition) is 2. The van der Waals surface area contributed by atoms with Gasteiger partial charge in [-0.25, -0.2) is 4.90 Å². The van der Waals surface area contributed by atoms with Gasteiger partial charge in [0.15, 0.2) is 0 Å². The normalized spacial score (nSPS) is 13.5. The van der Waals surface area contributed by atoms with Crippen LogP contribution in [0.5, 0.6) is 0 Å². The fraction of sp³-hybridized carbons (Fsp3) is 0.0800. The molecule has 4 rings (SSSR count). The van der Waals surface area contributed by atoms with Crippen LogP contribution >= 0.6 is 34.8 Å². The van der Waals surface area contributed by atoms with Crippen molar-refractivity contribution in [3.8, 4) is 0 Å². The Hall–Kier alpha value is -3.32. The molecule has 1 aliphatic heterocycles. The van der Waals surface area contributed by atoms with Gasteiger partial charge in [0.05, 0.1) is 16.4 Å². The molecule has 0 radical (unpaired) electrons. The molecule has 1 aliphatic rings. The van der Waals surface area contributed by atoms with Crippen LogP contribution < -0.4 is 15.5 Å². The molecule has 6 nitrogen and oxygen atoms in total. The number of carbonyl (C=O) groups excluding carboxylic acids is 3. The largest absolute Gasteiger partial charge is 0.350 e. The molecule has 0 bridgehead atoms. The van der Waals surface area contributed by atoms with Gasteiger partial charge < -0.3 is 10.6 Å². The minimum atomic E-state index is -0.618. The van der Waals surface area contributed by atoms with E-state index in [0.717, 1.165) is 16.0 Å². The van der Waals surface area contributed by atoms with Crippen molar-refractivity contribution in [3.05, 3.63) is 98.1 Å². The van der Waals surface area contributed by atoms with Gasteiger partial charge in [-0.1, -0.05) is 58.6 Å². The van der Waals surface area contributed by atoms with E-state index in [0.29, 0.717) is 32.7 Å². The summed E-state index contributed by atoms with van der Waals surface area (Å²) in [6.45, 7) is 3.74. The van der Waals surface area contributed by atoms with Gasteiger partial charge >= 0.3 is 0 Å². The fourth-order valence-corrected chi connectivity index (χ4v) is 4.22. The summed E-state index contributed by atoms with van der Waals surface area (Å²) in [7, 11) is 0. The highest BCUT2D eigenvalue weighted by molar-refractivity contribution is 6.53. The Bertz CT molecular complexity index is 1380. The Balaban J connectivity index is 1.56. The molecular weight excluding hydrogens is 497 g/mol. The number of halogens is 3. The van der Waals surface area contributed by atoms with Crippen molar-refractivity contribution >= 4 is 69.6 Å². The average Bonchev–Trinajstić information content (AvgIpc) is 2.99. The maximum atomic E-state index is 13.1. The third kappa shape index (κ3) is 4.66. The number of aryl methyl sites for hydroxylation is 2. The van der Waals surface area contributed by atoms with E-state index in [9.17, 15) is 14.4 Å². The molecule has 172 valence electrons. The molecule has 0 aromatic heterocycles. The number of imide groups is 1. The van der Waals surface area contributed by atoms with Crippen LogP contribution in [0, 0.1) is 13.8 Å². The van der Waals surface area contributed by atoms with Gasteiger partial charge in [0.1, 0.15) is 10.7 Å². The van der Waals surface area contributed by atoms with Crippen molar-refractivity contribution in [3.63, 3.8) is 0 Å². The number of benzene rings is 3. The first-order valence-electron chi connectivity index (χ1n) is 10.1. The summed E-state index contributed by atoms with van der Waals surface area (Å²) in [5.74, 6) is -1.61. The molecule has 0 saturated heterocycles. The number of anilines is 3. The highest BCUT2D eigenvalue weighted by atomic mass is 35.5. The molecule has 3 amide bonds. The monoisotopic (exact) mass is 513 g/mol. The second kappa shape index (κ2) is 9.50. The van der Waals surface area contributed by atoms with Gasteiger partial charge in [-0.15, -0.1) is 0 Å². The summed E-state index contributed by atoms with van der Waals surface area (Å²) in [6.07, 6.45) is 0. The first-order chi connectivity index (χ1) is 16.2. The molecule has 3 aromatic rings. The summed E-state index contributed by atoms with van der Waals surface area (Å²) in [5.41, 5.74) is 3.29. The van der Waals surface area contributed by atoms with Crippen molar-refractivity contribution in [2.75, 3.05) is 15.5 Å². The van der Waals surface area contributed by atoms with Crippen LogP contribution in [0.3, 0.4) is 0 Å². The van der Waals surface area contributed by atoms with Crippen LogP contribution in [0.15, 0.2) is 71.4 Å². The van der Waals surface area contributed by atoms with Crippen molar-refractivity contribution in [2.24, 2.45) is 0 Å². The highest BCUT2D eigenvalue weighted by Crippen LogP contribution is 2.32. The standard InChI is InChI=1S/C25H18Cl3N3O3/c1-13-6-9-20(14(2)10-13)31-24(33)21(28)22(25(31)34)29-17-5-3-4-15(11-17)23(32)30-19-8-7-16(26)12-18(19)27/h3-12,29H,1-2H3,(H,30,32). The Morgan fingerprint density at radius 2 is 1.65 bits per heavy atom. The van der Waals surface area contributed by atoms with Gasteiger partial charge in [-0.05, 0) is 61.9 Å². The third-order valence-electron chi connectivity index (χ3n) is 5.19. The van der Waals surface area contributed by atoms with Crippen LogP contribution in [0.25, 0.3) is 0 Å². The van der Waals surface area contributed by atoms with Gasteiger partial charge in [-0.3, -0.25) is 14.4 Å². The zero-order valence-electron chi connectivity index (χ0n) is 18.1. The minimum absolute atomic E-state index is 0.0649. The smallest absolute Gasteiger partial charge is 0.283 e. The van der Waals surface area contributed by atoms with E-state index >= 15 is 0 Å². The Kier molecular flexibility index (Phi) is 6.66. The third-order valence-corrected chi connectivity index (χ3v) is 6.09. The maximum absolute atomic E-state index is 13.1. The van der Waals surface area contributed by atoms with E-state index in [1.54, 1.807) is 36.4 Å². The number of rotatable bonds is 5. The molecule has 9 heteroatoms. The van der Waals surface area contributed by atoms with E-state index in [4.69, 9.17) is 34.8 Å². The Labute approximate surface area is 211 Å². The first-order valence-corrected chi connectivity index (χ1v) is 11.3. The summed E-state index contributed by atoms with van der Waals surface area (Å²) >= 11 is 18.3. The predicted molar refractivity (Wildman–Crippen MR) is 136 cm³/mol. The van der Waals surface area contributed by atoms with E-state index in [1.807, 2.05) is 26.0 Å². The lowest BCUT2D eigenvalue weighted by molar-refractivity contribution is -0.120. The molecule has 0 atom stereocenters. The predicted octanol–water partition coefficient (Wildman–Crippen LogP) is 6.30. The molecule has 0 fully saturated rings. The summed E-state index contributed by atoms with van der Waals surface area (Å²) in [6, 6.07) is 16.6. The van der Waals surface area contributed by atoms with Crippen LogP contribution in [-0.4, -0.2) is 17.7 Å². The molecule has 0 aliphatic carbocycles. The summed E-state index contributed by atoms with van der Waals surface area (Å²) in [5, 5.41) is 6.13. The second-order valence-corrected chi connectivity index (χ2v) is 8.93. The topological polar surface area (TPSA) is 78.5 Å². The Morgan fingerprint density at radius 3 is 2.35 bits per heavy atom. The quantitative estimate of drug-likeness (QED) is 0.392. The highest BCUT2D eigenvalue weighted by Gasteiger charge is 2.39. The molecule has 34 heavy (non-hydrogen) atoms. The SMILES string of the molecule is Cc1ccc(N2C(=O)C(Cl)=C(Nc3cccc(C(=O)Nc4ccc(Cl)cc4Cl)c3)C2=O)c(C)c1. The number of nitrogens with one attached hydrogen (secondary N) is 2. The zero-order valence-corrected chi connectivity index (χ0v) is 20.3. The lowest BCUT2D eigenvalue weighted by atomic mass is 10.1. The van der Waals surface area contributed by atoms with E-state index < -0.39 is 17.7 Å². The van der Waals surface area contributed by atoms with E-state index in [1.165, 1.54) is 12.1 Å². The molecular formula is C25H18Cl3N3O3. The van der Waals surface area contributed by atoms with E-state index in [-0.39, 0.29) is 10.7 Å². The van der Waals surface area contributed by atoms with E-state index in [2.05, 4.69) is 10.6 Å². The number of hydrogen-bond acceptors (Lipinski definition) is 4. The van der Waals surface area contributed by atoms with Crippen molar-refractivity contribution in [2.45, 2.75) is 13.8 Å². The van der Waals surface area contributed by atoms with Gasteiger partial charge in [0, 0.05) is 16.3 Å². The molecule has 0 spiro atoms. The maximum Gasteiger partial charge on any atom is 0.283 e. The van der Waals surface area contributed by atoms with Crippen LogP contribution in [0.1, 0.15) is 21.5 Å². The molecule has 2 N–H and O–H groups in total. The Morgan fingerprint density at radius 1 is 0.882 bits per heavy atom. The zero-order chi connectivity index (χ0) is 24.6. The summed E-state index contributed by atoms with van der Waals surface area (Å²) in [4.78, 5) is 39.6. The average molecular weight is 515 g/mol. The summed E-state index contributed by atoms with van der Waals surface area (Å²) < 4.78 is 0. The lowest BCUT2D eigenvalue weighted by Gasteiger charge is -2.18. The fourth-order valence-electron chi connectivity index (χ4n) is 3.55. The van der Waals surface area contributed by atoms with Gasteiger partial charge in [0.25, 0.3) is 17.7 Å². The van der Waals surface area contributed by atoms with Crippen molar-refractivity contribution in [1.29, 1.82) is 0 Å².